The smallest absolute Gasteiger partial charge is 0.188 e. The Morgan fingerprint density at radius 2 is 1.04 bits per heavy atom. The van der Waals surface area contributed by atoms with Gasteiger partial charge in [0.05, 0.1) is 12.2 Å². The van der Waals surface area contributed by atoms with Crippen molar-refractivity contribution < 1.29 is 18.9 Å². The van der Waals surface area contributed by atoms with Crippen molar-refractivity contribution in [2.45, 2.75) is 61.7 Å². The van der Waals surface area contributed by atoms with Gasteiger partial charge in [-0.3, -0.25) is 0 Å². The summed E-state index contributed by atoms with van der Waals surface area (Å²) in [7, 11) is 0. The van der Waals surface area contributed by atoms with Gasteiger partial charge in [0, 0.05) is 23.7 Å². The van der Waals surface area contributed by atoms with E-state index in [-0.39, 0.29) is 23.8 Å². The van der Waals surface area contributed by atoms with Crippen molar-refractivity contribution in [3.63, 3.8) is 0 Å². The second kappa shape index (κ2) is 2.85. The minimum atomic E-state index is 0.136. The maximum Gasteiger partial charge on any atom is 0.188 e. The Labute approximate surface area is 140 Å². The lowest BCUT2D eigenvalue weighted by atomic mass is 9.70. The second-order valence-corrected chi connectivity index (χ2v) is 10.9. The number of hydrogen-bond donors (Lipinski definition) is 0. The lowest BCUT2D eigenvalue weighted by Gasteiger charge is -2.38. The molecule has 0 aromatic rings. The number of epoxide rings is 2. The molecule has 0 N–H and O–H groups in total. The van der Waals surface area contributed by atoms with Gasteiger partial charge in [-0.2, -0.15) is 0 Å². The molecule has 0 amide bonds. The van der Waals surface area contributed by atoms with Crippen molar-refractivity contribution >= 4 is 0 Å². The van der Waals surface area contributed by atoms with E-state index < -0.39 is 0 Å². The van der Waals surface area contributed by atoms with Crippen LogP contribution in [-0.4, -0.2) is 36.0 Å². The summed E-state index contributed by atoms with van der Waals surface area (Å²) >= 11 is 0. The summed E-state index contributed by atoms with van der Waals surface area (Å²) in [5.41, 5.74) is 0.271. The van der Waals surface area contributed by atoms with Crippen molar-refractivity contribution in [2.75, 3.05) is 0 Å². The van der Waals surface area contributed by atoms with Gasteiger partial charge >= 0.3 is 0 Å². The summed E-state index contributed by atoms with van der Waals surface area (Å²) < 4.78 is 26.2. The molecule has 2 spiro atoms. The van der Waals surface area contributed by atoms with Crippen molar-refractivity contribution in [3.8, 4) is 0 Å². The summed E-state index contributed by atoms with van der Waals surface area (Å²) in [5.74, 6) is 8.14. The van der Waals surface area contributed by atoms with Crippen molar-refractivity contribution in [1.29, 1.82) is 0 Å². The average molecular weight is 326 g/mol. The molecule has 4 nitrogen and oxygen atoms in total. The van der Waals surface area contributed by atoms with Gasteiger partial charge in [0.15, 0.2) is 12.6 Å². The SMILES string of the molecule is C1C[C@@H]2O[C@@H]3O[C@@]34[C@@H]3[C@H]5[C@@H]6[C@@H]7[C@@H]8[C@@H](CC[C@H]8O[C@@H]8O[C@]87[C@@H]5[C@H]1[C@@H]32)[C@@H]64. The fourth-order valence-electron chi connectivity index (χ4n) is 11.4. The van der Waals surface area contributed by atoms with Crippen LogP contribution in [0.1, 0.15) is 25.7 Å². The van der Waals surface area contributed by atoms with Crippen molar-refractivity contribution in [3.05, 3.63) is 0 Å². The van der Waals surface area contributed by atoms with Crippen LogP contribution < -0.4 is 0 Å². The Morgan fingerprint density at radius 3 is 1.54 bits per heavy atom. The molecule has 4 heteroatoms. The molecule has 4 heterocycles. The fraction of sp³-hybridized carbons (Fsp3) is 1.00. The average Bonchev–Trinajstić information content (AvgIpc) is 3.01. The van der Waals surface area contributed by atoms with Gasteiger partial charge in [-0.25, -0.2) is 0 Å². The molecule has 6 saturated carbocycles. The Balaban J connectivity index is 1.32. The van der Waals surface area contributed by atoms with E-state index >= 15 is 0 Å². The van der Waals surface area contributed by atoms with Crippen LogP contribution in [0.5, 0.6) is 0 Å². The molecule has 0 aromatic carbocycles. The monoisotopic (exact) mass is 326 g/mol. The highest BCUT2D eigenvalue weighted by molar-refractivity contribution is 5.40. The number of ether oxygens (including phenoxy) is 4. The van der Waals surface area contributed by atoms with Gasteiger partial charge in [0.25, 0.3) is 0 Å². The molecule has 10 fully saturated rings. The third-order valence-corrected chi connectivity index (χ3v) is 11.2. The largest absolute Gasteiger partial charge is 0.346 e. The first-order chi connectivity index (χ1) is 11.9. The Morgan fingerprint density at radius 1 is 0.542 bits per heavy atom. The summed E-state index contributed by atoms with van der Waals surface area (Å²) in [6.45, 7) is 0. The molecule has 0 radical (unpaired) electrons. The van der Waals surface area contributed by atoms with Crippen molar-refractivity contribution in [1.82, 2.24) is 0 Å². The van der Waals surface area contributed by atoms with Crippen molar-refractivity contribution in [2.24, 2.45) is 59.2 Å². The molecule has 10 aliphatic rings. The summed E-state index contributed by atoms with van der Waals surface area (Å²) in [5, 5.41) is 0. The topological polar surface area (TPSA) is 43.5 Å². The van der Waals surface area contributed by atoms with Crippen LogP contribution >= 0.6 is 0 Å². The Bertz CT molecular complexity index is 692. The van der Waals surface area contributed by atoms with E-state index in [0.29, 0.717) is 12.2 Å². The molecule has 126 valence electrons. The number of rotatable bonds is 0. The van der Waals surface area contributed by atoms with Gasteiger partial charge in [0.2, 0.25) is 0 Å². The zero-order valence-corrected chi connectivity index (χ0v) is 13.5. The predicted octanol–water partition coefficient (Wildman–Crippen LogP) is 1.78. The molecule has 10 rings (SSSR count). The lowest BCUT2D eigenvalue weighted by Crippen LogP contribution is -2.47. The third-order valence-electron chi connectivity index (χ3n) is 11.2. The van der Waals surface area contributed by atoms with Crippen LogP contribution in [-0.2, 0) is 18.9 Å². The molecule has 16 atom stereocenters. The first-order valence-corrected chi connectivity index (χ1v) is 10.5. The van der Waals surface area contributed by atoms with Crippen LogP contribution in [0.4, 0.5) is 0 Å². The zero-order chi connectivity index (χ0) is 14.7. The molecule has 24 heavy (non-hydrogen) atoms. The Kier molecular flexibility index (Phi) is 1.37. The third kappa shape index (κ3) is 0.758. The van der Waals surface area contributed by atoms with Gasteiger partial charge in [-0.1, -0.05) is 0 Å². The molecule has 0 aromatic heterocycles. The highest BCUT2D eigenvalue weighted by Crippen LogP contribution is 2.89. The molecule has 4 aliphatic heterocycles. The van der Waals surface area contributed by atoms with Crippen LogP contribution in [0.15, 0.2) is 0 Å². The van der Waals surface area contributed by atoms with Gasteiger partial charge in [-0.15, -0.1) is 0 Å². The van der Waals surface area contributed by atoms with Crippen LogP contribution in [0.3, 0.4) is 0 Å². The maximum absolute atomic E-state index is 6.55. The standard InChI is InChI=1S/C20H22O4/c1-3-7-9-5(1)13-11-12-14(20(15(9)11)18(21-7)24-20)6-2-4-8-10(6)16(12)19(13)17(22-8)23-19/h5-18H,1-4H2/t5-,6-,7-,8+,9-,10-,11+,12+,13+,14-,15+,16+,17-,18-,19+,20+/m1/s1. The Hall–Kier alpha value is -0.160. The molecule has 0 bridgehead atoms. The van der Waals surface area contributed by atoms with Gasteiger partial charge < -0.3 is 18.9 Å². The van der Waals surface area contributed by atoms with Gasteiger partial charge in [-0.05, 0) is 61.2 Å². The zero-order valence-electron chi connectivity index (χ0n) is 13.5. The van der Waals surface area contributed by atoms with Gasteiger partial charge in [0.1, 0.15) is 11.2 Å². The fourth-order valence-corrected chi connectivity index (χ4v) is 11.4. The molecule has 0 unspecified atom stereocenters. The van der Waals surface area contributed by atoms with E-state index in [1.807, 2.05) is 0 Å². The van der Waals surface area contributed by atoms with E-state index in [9.17, 15) is 0 Å². The van der Waals surface area contributed by atoms with E-state index in [2.05, 4.69) is 0 Å². The van der Waals surface area contributed by atoms with E-state index in [1.54, 1.807) is 0 Å². The summed E-state index contributed by atoms with van der Waals surface area (Å²) in [6, 6.07) is 0. The lowest BCUT2D eigenvalue weighted by molar-refractivity contribution is -0.0794. The molecular weight excluding hydrogens is 304 g/mol. The quantitative estimate of drug-likeness (QED) is 0.637. The minimum absolute atomic E-state index is 0.136. The van der Waals surface area contributed by atoms with E-state index in [0.717, 1.165) is 59.2 Å². The summed E-state index contributed by atoms with van der Waals surface area (Å²) in [4.78, 5) is 0. The first kappa shape index (κ1) is 11.5. The van der Waals surface area contributed by atoms with E-state index in [4.69, 9.17) is 18.9 Å². The number of fused-ring (bicyclic) bond motifs is 2. The summed E-state index contributed by atoms with van der Waals surface area (Å²) in [6.07, 6.45) is 6.57. The first-order valence-electron chi connectivity index (χ1n) is 10.5. The second-order valence-electron chi connectivity index (χ2n) is 10.9. The van der Waals surface area contributed by atoms with E-state index in [1.165, 1.54) is 25.7 Å². The minimum Gasteiger partial charge on any atom is -0.346 e. The maximum atomic E-state index is 6.55. The van der Waals surface area contributed by atoms with Crippen LogP contribution in [0.2, 0.25) is 0 Å². The normalized spacial score (nSPS) is 87.0. The number of hydrogen-bond acceptors (Lipinski definition) is 4. The highest BCUT2D eigenvalue weighted by Gasteiger charge is 2.96. The molecular formula is C20H22O4. The van der Waals surface area contributed by atoms with Crippen LogP contribution in [0.25, 0.3) is 0 Å². The molecule has 4 saturated heterocycles. The highest BCUT2D eigenvalue weighted by atomic mass is 16.8. The van der Waals surface area contributed by atoms with Crippen LogP contribution in [0, 0.1) is 59.2 Å². The molecule has 6 aliphatic carbocycles. The predicted molar refractivity (Wildman–Crippen MR) is 78.3 cm³/mol.